The molecule has 3 heteroatoms. The summed E-state index contributed by atoms with van der Waals surface area (Å²) in [5.41, 5.74) is 2.87. The fourth-order valence-electron chi connectivity index (χ4n) is 4.50. The van der Waals surface area contributed by atoms with Gasteiger partial charge in [0.1, 0.15) is 0 Å². The average Bonchev–Trinajstić information content (AvgIpc) is 3.12. The van der Waals surface area contributed by atoms with Crippen molar-refractivity contribution in [1.29, 1.82) is 0 Å². The van der Waals surface area contributed by atoms with Crippen molar-refractivity contribution in [2.24, 2.45) is 4.99 Å². The van der Waals surface area contributed by atoms with Crippen LogP contribution >= 0.6 is 0 Å². The first kappa shape index (κ1) is 14.6. The summed E-state index contributed by atoms with van der Waals surface area (Å²) in [7, 11) is 0. The summed E-state index contributed by atoms with van der Waals surface area (Å²) >= 11 is 0. The maximum absolute atomic E-state index is 10.4. The van der Waals surface area contributed by atoms with Gasteiger partial charge in [-0.1, -0.05) is 48.5 Å². The molecular weight excluding hydrogens is 284 g/mol. The lowest BCUT2D eigenvalue weighted by atomic mass is 9.58. The smallest absolute Gasteiger partial charge is 0.0667 e. The van der Waals surface area contributed by atoms with Crippen LogP contribution in [0.5, 0.6) is 0 Å². The molecule has 0 amide bonds. The Bertz CT molecular complexity index is 719. The van der Waals surface area contributed by atoms with Crippen LogP contribution in [0.15, 0.2) is 59.6 Å². The van der Waals surface area contributed by atoms with Crippen LogP contribution in [0.4, 0.5) is 5.69 Å². The molecule has 2 heterocycles. The monoisotopic (exact) mass is 306 g/mol. The maximum Gasteiger partial charge on any atom is 0.0667 e. The zero-order valence-electron chi connectivity index (χ0n) is 13.2. The largest absolute Gasteiger partial charge is 0.394 e. The molecule has 2 unspecified atom stereocenters. The lowest BCUT2D eigenvalue weighted by molar-refractivity contribution is 0.117. The molecule has 23 heavy (non-hydrogen) atoms. The minimum atomic E-state index is -0.336. The Kier molecular flexibility index (Phi) is 3.55. The van der Waals surface area contributed by atoms with Crippen molar-refractivity contribution in [3.8, 4) is 0 Å². The first-order valence-corrected chi connectivity index (χ1v) is 8.36. The van der Waals surface area contributed by atoms with Gasteiger partial charge in [-0.05, 0) is 43.0 Å². The van der Waals surface area contributed by atoms with E-state index in [1.807, 2.05) is 18.3 Å². The number of benzene rings is 2. The second kappa shape index (κ2) is 5.59. The zero-order chi connectivity index (χ0) is 15.8. The summed E-state index contributed by atoms with van der Waals surface area (Å²) in [5.74, 6) is 0. The molecule has 1 fully saturated rings. The second-order valence-corrected chi connectivity index (χ2v) is 6.57. The molecule has 0 aromatic heterocycles. The van der Waals surface area contributed by atoms with E-state index in [2.05, 4.69) is 52.8 Å². The van der Waals surface area contributed by atoms with Crippen LogP contribution in [0.3, 0.4) is 0 Å². The van der Waals surface area contributed by atoms with Gasteiger partial charge >= 0.3 is 0 Å². The molecule has 2 aliphatic rings. The fourth-order valence-corrected chi connectivity index (χ4v) is 4.50. The van der Waals surface area contributed by atoms with E-state index < -0.39 is 0 Å². The molecule has 2 aromatic carbocycles. The van der Waals surface area contributed by atoms with Crippen molar-refractivity contribution in [3.05, 3.63) is 65.7 Å². The van der Waals surface area contributed by atoms with Crippen LogP contribution in [0.2, 0.25) is 0 Å². The number of para-hydroxylation sites is 1. The molecule has 3 nitrogen and oxygen atoms in total. The highest BCUT2D eigenvalue weighted by atomic mass is 16.3. The fraction of sp³-hybridized carbons (Fsp3) is 0.350. The summed E-state index contributed by atoms with van der Waals surface area (Å²) in [6.07, 6.45) is 4.89. The molecule has 1 saturated heterocycles. The lowest BCUT2D eigenvalue weighted by Crippen LogP contribution is -2.61. The van der Waals surface area contributed by atoms with Gasteiger partial charge in [-0.2, -0.15) is 0 Å². The number of aliphatic hydroxyl groups is 1. The number of fused-ring (bicyclic) bond motifs is 1. The number of hydrogen-bond donors (Lipinski definition) is 2. The summed E-state index contributed by atoms with van der Waals surface area (Å²) < 4.78 is 0. The van der Waals surface area contributed by atoms with E-state index in [-0.39, 0.29) is 17.6 Å². The van der Waals surface area contributed by atoms with E-state index in [1.165, 1.54) is 11.1 Å². The maximum atomic E-state index is 10.4. The van der Waals surface area contributed by atoms with Gasteiger partial charge in [0.2, 0.25) is 0 Å². The Morgan fingerprint density at radius 2 is 1.83 bits per heavy atom. The van der Waals surface area contributed by atoms with Gasteiger partial charge in [-0.3, -0.25) is 4.99 Å². The van der Waals surface area contributed by atoms with Crippen molar-refractivity contribution >= 4 is 11.9 Å². The Balaban J connectivity index is 2.02. The highest BCUT2D eigenvalue weighted by Crippen LogP contribution is 2.52. The first-order chi connectivity index (χ1) is 11.3. The molecule has 0 aliphatic carbocycles. The van der Waals surface area contributed by atoms with Gasteiger partial charge in [0.25, 0.3) is 0 Å². The van der Waals surface area contributed by atoms with Gasteiger partial charge in [0.05, 0.1) is 17.8 Å². The van der Waals surface area contributed by atoms with Gasteiger partial charge in [0.15, 0.2) is 0 Å². The molecule has 0 bridgehead atoms. The summed E-state index contributed by atoms with van der Waals surface area (Å²) in [4.78, 5) is 4.62. The number of nitrogens with zero attached hydrogens (tertiary/aromatic N) is 1. The predicted molar refractivity (Wildman–Crippen MR) is 93.5 cm³/mol. The molecule has 2 N–H and O–H groups in total. The van der Waals surface area contributed by atoms with Crippen LogP contribution < -0.4 is 5.32 Å². The molecule has 2 aliphatic heterocycles. The normalized spacial score (nSPS) is 29.4. The minimum Gasteiger partial charge on any atom is -0.394 e. The molecule has 0 saturated carbocycles. The quantitative estimate of drug-likeness (QED) is 0.914. The van der Waals surface area contributed by atoms with Gasteiger partial charge < -0.3 is 10.4 Å². The van der Waals surface area contributed by atoms with Crippen LogP contribution in [-0.2, 0) is 5.41 Å². The third-order valence-electron chi connectivity index (χ3n) is 5.59. The van der Waals surface area contributed by atoms with E-state index in [0.717, 1.165) is 31.5 Å². The Morgan fingerprint density at radius 3 is 2.57 bits per heavy atom. The van der Waals surface area contributed by atoms with Crippen LogP contribution in [0.1, 0.15) is 30.4 Å². The SMILES string of the molecule is OCC1(C2(c3ccccc3)CC=Nc3ccccc32)CCCN1. The van der Waals surface area contributed by atoms with Crippen molar-refractivity contribution < 1.29 is 5.11 Å². The van der Waals surface area contributed by atoms with E-state index in [4.69, 9.17) is 0 Å². The standard InChI is InChI=1S/C20H22N2O/c23-15-19(11-6-13-22-19)20(16-7-2-1-3-8-16)12-14-21-18-10-5-4-9-17(18)20/h1-5,7-10,14,22-23H,6,11-13,15H2. The lowest BCUT2D eigenvalue weighted by Gasteiger charge is -2.50. The highest BCUT2D eigenvalue weighted by Gasteiger charge is 2.55. The Hall–Kier alpha value is -1.97. The zero-order valence-corrected chi connectivity index (χ0v) is 13.2. The summed E-state index contributed by atoms with van der Waals surface area (Å²) in [6, 6.07) is 19.0. The molecule has 0 spiro atoms. The number of rotatable bonds is 3. The average molecular weight is 306 g/mol. The van der Waals surface area contributed by atoms with Crippen molar-refractivity contribution in [2.45, 2.75) is 30.2 Å². The minimum absolute atomic E-state index is 0.129. The summed E-state index contributed by atoms with van der Waals surface area (Å²) in [5, 5.41) is 14.1. The highest BCUT2D eigenvalue weighted by molar-refractivity contribution is 5.75. The van der Waals surface area contributed by atoms with Crippen molar-refractivity contribution in [3.63, 3.8) is 0 Å². The Morgan fingerprint density at radius 1 is 1.04 bits per heavy atom. The summed E-state index contributed by atoms with van der Waals surface area (Å²) in [6.45, 7) is 1.08. The van der Waals surface area contributed by atoms with Gasteiger partial charge in [-0.15, -0.1) is 0 Å². The van der Waals surface area contributed by atoms with Crippen LogP contribution in [0.25, 0.3) is 0 Å². The first-order valence-electron chi connectivity index (χ1n) is 8.36. The van der Waals surface area contributed by atoms with E-state index in [1.54, 1.807) is 0 Å². The number of aliphatic hydroxyl groups excluding tert-OH is 1. The second-order valence-electron chi connectivity index (χ2n) is 6.57. The van der Waals surface area contributed by atoms with Crippen LogP contribution in [0, 0.1) is 0 Å². The molecular formula is C20H22N2O. The van der Waals surface area contributed by atoms with Crippen molar-refractivity contribution in [2.75, 3.05) is 13.2 Å². The van der Waals surface area contributed by atoms with Gasteiger partial charge in [-0.25, -0.2) is 0 Å². The van der Waals surface area contributed by atoms with E-state index >= 15 is 0 Å². The van der Waals surface area contributed by atoms with Crippen molar-refractivity contribution in [1.82, 2.24) is 5.32 Å². The topological polar surface area (TPSA) is 44.6 Å². The molecule has 2 atom stereocenters. The van der Waals surface area contributed by atoms with Crippen LogP contribution in [-0.4, -0.2) is 30.0 Å². The third-order valence-corrected chi connectivity index (χ3v) is 5.59. The van der Waals surface area contributed by atoms with E-state index in [9.17, 15) is 5.11 Å². The molecule has 4 rings (SSSR count). The third kappa shape index (κ3) is 2.00. The number of hydrogen-bond acceptors (Lipinski definition) is 3. The number of nitrogens with one attached hydrogen (secondary N) is 1. The Labute approximate surface area is 137 Å². The van der Waals surface area contributed by atoms with E-state index in [0.29, 0.717) is 0 Å². The van der Waals surface area contributed by atoms with Gasteiger partial charge in [0, 0.05) is 11.6 Å². The molecule has 2 aromatic rings. The molecule has 118 valence electrons. The predicted octanol–water partition coefficient (Wildman–Crippen LogP) is 3.19. The molecule has 0 radical (unpaired) electrons. The number of aliphatic imine (C=N–C) groups is 1.